The minimum absolute atomic E-state index is 0.0406. The number of carbonyl (C=O) groups excluding carboxylic acids is 2. The number of ether oxygens (including phenoxy) is 1. The second-order valence-corrected chi connectivity index (χ2v) is 15.1. The van der Waals surface area contributed by atoms with E-state index in [1.165, 1.54) is 0 Å². The smallest absolute Gasteiger partial charge is 0.264 e. The van der Waals surface area contributed by atoms with Crippen LogP contribution >= 0.6 is 0 Å². The molecule has 2 fully saturated rings. The van der Waals surface area contributed by atoms with Gasteiger partial charge >= 0.3 is 0 Å². The van der Waals surface area contributed by atoms with Crippen molar-refractivity contribution in [2.75, 3.05) is 23.4 Å². The Kier molecular flexibility index (Phi) is 7.01. The first-order valence-electron chi connectivity index (χ1n) is 13.2. The molecule has 0 saturated carbocycles. The second kappa shape index (κ2) is 9.96. The molecule has 2 amide bonds. The summed E-state index contributed by atoms with van der Waals surface area (Å²) in [5, 5.41) is 15.9. The number of hydrogen-bond donors (Lipinski definition) is 4. The maximum Gasteiger partial charge on any atom is 0.264 e. The van der Waals surface area contributed by atoms with E-state index < -0.39 is 20.0 Å². The molecule has 1 spiro atoms. The van der Waals surface area contributed by atoms with Crippen molar-refractivity contribution in [2.45, 2.75) is 69.1 Å². The fourth-order valence-corrected chi connectivity index (χ4v) is 9.26. The SMILES string of the molecule is C[C@H]1[C@H]([Si](C)(C)O)[C@@H](CCO)O[C@]12C(=O)N(Cc1cccc(NC(=O)[C@H]3CCCN3)c1)c1ccccc12. The standard InChI is InChI=1S/C28H37N3O5Si/c1-18-25(37(2,3)35)24(13-15-32)36-28(18)21-10-4-5-12-23(21)31(27(28)34)17-19-8-6-9-20(16-19)30-26(33)22-11-7-14-29-22/h4-6,8-10,12,16,18,22,24-25,29,32,35H,7,11,13-15,17H2,1-3H3,(H,30,33)/t18-,22+,24+,25-,28+/m0/s1. The number of amides is 2. The predicted molar refractivity (Wildman–Crippen MR) is 145 cm³/mol. The summed E-state index contributed by atoms with van der Waals surface area (Å²) in [5.41, 5.74) is 1.81. The van der Waals surface area contributed by atoms with Crippen LogP contribution in [0.4, 0.5) is 11.4 Å². The van der Waals surface area contributed by atoms with E-state index in [0.717, 1.165) is 36.2 Å². The average Bonchev–Trinajstić information content (AvgIpc) is 3.54. The normalized spacial score (nSPS) is 29.2. The molecule has 3 aliphatic rings. The zero-order valence-corrected chi connectivity index (χ0v) is 22.7. The van der Waals surface area contributed by atoms with Crippen LogP contribution in [0.15, 0.2) is 48.5 Å². The van der Waals surface area contributed by atoms with Crippen molar-refractivity contribution in [1.82, 2.24) is 5.32 Å². The van der Waals surface area contributed by atoms with Crippen LogP contribution < -0.4 is 15.5 Å². The zero-order valence-electron chi connectivity index (χ0n) is 21.7. The molecule has 5 atom stereocenters. The van der Waals surface area contributed by atoms with Crippen molar-refractivity contribution in [3.05, 3.63) is 59.7 Å². The van der Waals surface area contributed by atoms with Gasteiger partial charge in [0.1, 0.15) is 0 Å². The molecular formula is C28H37N3O5Si. The average molecular weight is 524 g/mol. The van der Waals surface area contributed by atoms with Crippen molar-refractivity contribution in [3.8, 4) is 0 Å². The van der Waals surface area contributed by atoms with Gasteiger partial charge in [-0.2, -0.15) is 0 Å². The number of benzene rings is 2. The Morgan fingerprint density at radius 3 is 2.73 bits per heavy atom. The van der Waals surface area contributed by atoms with E-state index >= 15 is 0 Å². The van der Waals surface area contributed by atoms with Gasteiger partial charge in [0.05, 0.1) is 24.4 Å². The first kappa shape index (κ1) is 26.1. The molecule has 9 heteroatoms. The molecule has 0 unspecified atom stereocenters. The number of carbonyl (C=O) groups is 2. The second-order valence-electron chi connectivity index (χ2n) is 11.1. The van der Waals surface area contributed by atoms with Crippen LogP contribution in [0.3, 0.4) is 0 Å². The van der Waals surface area contributed by atoms with Crippen LogP contribution in [0.2, 0.25) is 18.6 Å². The van der Waals surface area contributed by atoms with Crippen molar-refractivity contribution < 1.29 is 24.2 Å². The Labute approximate surface area is 219 Å². The Morgan fingerprint density at radius 1 is 1.24 bits per heavy atom. The number of aliphatic hydroxyl groups excluding tert-OH is 1. The topological polar surface area (TPSA) is 111 Å². The van der Waals surface area contributed by atoms with Gasteiger partial charge in [-0.15, -0.1) is 0 Å². The Morgan fingerprint density at radius 2 is 2.03 bits per heavy atom. The lowest BCUT2D eigenvalue weighted by molar-refractivity contribution is -0.146. The van der Waals surface area contributed by atoms with Gasteiger partial charge in [0.2, 0.25) is 5.91 Å². The van der Waals surface area contributed by atoms with Crippen LogP contribution in [0.5, 0.6) is 0 Å². The summed E-state index contributed by atoms with van der Waals surface area (Å²) in [7, 11) is -2.71. The molecule has 8 nitrogen and oxygen atoms in total. The number of hydrogen-bond acceptors (Lipinski definition) is 6. The molecule has 0 aliphatic carbocycles. The summed E-state index contributed by atoms with van der Waals surface area (Å²) in [6, 6.07) is 15.1. The Bertz CT molecular complexity index is 1180. The molecule has 5 rings (SSSR count). The third kappa shape index (κ3) is 4.53. The van der Waals surface area contributed by atoms with Gasteiger partial charge in [0.25, 0.3) is 5.91 Å². The number of fused-ring (bicyclic) bond motifs is 2. The van der Waals surface area contributed by atoms with Gasteiger partial charge in [-0.25, -0.2) is 0 Å². The number of nitrogens with zero attached hydrogens (tertiary/aromatic N) is 1. The molecule has 3 heterocycles. The van der Waals surface area contributed by atoms with E-state index in [4.69, 9.17) is 4.74 Å². The molecular weight excluding hydrogens is 486 g/mol. The number of nitrogens with one attached hydrogen (secondary N) is 2. The molecule has 2 aromatic carbocycles. The van der Waals surface area contributed by atoms with Crippen molar-refractivity contribution in [1.29, 1.82) is 0 Å². The molecule has 2 saturated heterocycles. The van der Waals surface area contributed by atoms with Crippen molar-refractivity contribution in [3.63, 3.8) is 0 Å². The minimum Gasteiger partial charge on any atom is -0.432 e. The lowest BCUT2D eigenvalue weighted by atomic mass is 9.82. The highest BCUT2D eigenvalue weighted by Gasteiger charge is 2.65. The zero-order chi connectivity index (χ0) is 26.4. The summed E-state index contributed by atoms with van der Waals surface area (Å²) in [4.78, 5) is 39.8. The Hall–Kier alpha value is -2.56. The number of para-hydroxylation sites is 1. The highest BCUT2D eigenvalue weighted by molar-refractivity contribution is 6.71. The molecule has 0 bridgehead atoms. The molecule has 2 aromatic rings. The minimum atomic E-state index is -2.71. The molecule has 198 valence electrons. The van der Waals surface area contributed by atoms with E-state index in [9.17, 15) is 19.5 Å². The number of anilines is 2. The van der Waals surface area contributed by atoms with E-state index in [1.807, 2.05) is 68.5 Å². The molecule has 4 N–H and O–H groups in total. The van der Waals surface area contributed by atoms with Crippen LogP contribution in [0.25, 0.3) is 0 Å². The monoisotopic (exact) mass is 523 g/mol. The molecule has 0 radical (unpaired) electrons. The third-order valence-electron chi connectivity index (χ3n) is 8.22. The quantitative estimate of drug-likeness (QED) is 0.415. The summed E-state index contributed by atoms with van der Waals surface area (Å²) in [6.45, 7) is 6.87. The van der Waals surface area contributed by atoms with Crippen LogP contribution in [0.1, 0.15) is 37.3 Å². The first-order valence-corrected chi connectivity index (χ1v) is 16.2. The van der Waals surface area contributed by atoms with Crippen LogP contribution in [-0.2, 0) is 26.5 Å². The van der Waals surface area contributed by atoms with E-state index in [2.05, 4.69) is 10.6 Å². The molecule has 0 aromatic heterocycles. The van der Waals surface area contributed by atoms with Gasteiger partial charge in [-0.1, -0.05) is 37.3 Å². The maximum atomic E-state index is 14.3. The van der Waals surface area contributed by atoms with Gasteiger partial charge in [-0.3, -0.25) is 9.59 Å². The fourth-order valence-electron chi connectivity index (χ4n) is 6.65. The van der Waals surface area contributed by atoms with Gasteiger partial charge in [-0.05, 0) is 62.7 Å². The van der Waals surface area contributed by atoms with E-state index in [0.29, 0.717) is 18.7 Å². The lowest BCUT2D eigenvalue weighted by Gasteiger charge is -2.32. The van der Waals surface area contributed by atoms with Gasteiger partial charge in [0, 0.05) is 29.3 Å². The van der Waals surface area contributed by atoms with Crippen molar-refractivity contribution in [2.24, 2.45) is 5.92 Å². The number of aliphatic hydroxyl groups is 1. The Balaban J connectivity index is 1.45. The van der Waals surface area contributed by atoms with Gasteiger partial charge < -0.3 is 30.2 Å². The summed E-state index contributed by atoms with van der Waals surface area (Å²) in [5.74, 6) is -0.436. The lowest BCUT2D eigenvalue weighted by Crippen LogP contribution is -2.46. The van der Waals surface area contributed by atoms with E-state index in [-0.39, 0.29) is 35.9 Å². The highest BCUT2D eigenvalue weighted by atomic mass is 28.4. The van der Waals surface area contributed by atoms with Crippen LogP contribution in [-0.4, -0.2) is 55.3 Å². The third-order valence-corrected chi connectivity index (χ3v) is 10.7. The van der Waals surface area contributed by atoms with Crippen molar-refractivity contribution >= 4 is 31.5 Å². The maximum absolute atomic E-state index is 14.3. The summed E-state index contributed by atoms with van der Waals surface area (Å²) >= 11 is 0. The molecule has 37 heavy (non-hydrogen) atoms. The summed E-state index contributed by atoms with van der Waals surface area (Å²) in [6.07, 6.45) is 1.80. The first-order chi connectivity index (χ1) is 17.7. The molecule has 3 aliphatic heterocycles. The highest BCUT2D eigenvalue weighted by Crippen LogP contribution is 2.59. The van der Waals surface area contributed by atoms with E-state index in [1.54, 1.807) is 4.90 Å². The van der Waals surface area contributed by atoms with Gasteiger partial charge in [0.15, 0.2) is 13.9 Å². The van der Waals surface area contributed by atoms with Crippen LogP contribution in [0, 0.1) is 5.92 Å². The fraction of sp³-hybridized carbons (Fsp3) is 0.500. The predicted octanol–water partition coefficient (Wildman–Crippen LogP) is 3.10. The summed E-state index contributed by atoms with van der Waals surface area (Å²) < 4.78 is 6.60. The number of rotatable bonds is 7. The largest absolute Gasteiger partial charge is 0.432 e.